The minimum atomic E-state index is 0.518. The van der Waals surface area contributed by atoms with Gasteiger partial charge in [-0.05, 0) is 25.8 Å². The Morgan fingerprint density at radius 3 is 2.69 bits per heavy atom. The Hall–Kier alpha value is -0.0800. The molecule has 2 aliphatic heterocycles. The Labute approximate surface area is 81.3 Å². The maximum atomic E-state index is 5.53. The zero-order valence-electron chi connectivity index (χ0n) is 9.05. The smallest absolute Gasteiger partial charge is 0.0536 e. The van der Waals surface area contributed by atoms with Crippen molar-refractivity contribution in [1.82, 2.24) is 4.90 Å². The normalized spacial score (nSPS) is 41.1. The van der Waals surface area contributed by atoms with Crippen LogP contribution in [0.1, 0.15) is 26.7 Å². The molecule has 0 N–H and O–H groups in total. The summed E-state index contributed by atoms with van der Waals surface area (Å²) >= 11 is 0. The highest BCUT2D eigenvalue weighted by molar-refractivity contribution is 4.97. The summed E-state index contributed by atoms with van der Waals surface area (Å²) in [5, 5.41) is 0. The summed E-state index contributed by atoms with van der Waals surface area (Å²) in [4.78, 5) is 2.53. The van der Waals surface area contributed by atoms with Crippen LogP contribution >= 0.6 is 0 Å². The number of nitrogens with zero attached hydrogens (tertiary/aromatic N) is 1. The maximum absolute atomic E-state index is 5.53. The standard InChI is InChI=1S/C11H21NO/c1-9(2)10-6-11(7-12(10)3)4-5-13-8-11/h9-10H,4-8H2,1-3H3. The molecule has 13 heavy (non-hydrogen) atoms. The second kappa shape index (κ2) is 3.25. The summed E-state index contributed by atoms with van der Waals surface area (Å²) in [7, 11) is 2.26. The van der Waals surface area contributed by atoms with Crippen molar-refractivity contribution in [3.05, 3.63) is 0 Å². The topological polar surface area (TPSA) is 12.5 Å². The first-order chi connectivity index (χ1) is 6.13. The molecule has 2 fully saturated rings. The fraction of sp³-hybridized carbons (Fsp3) is 1.00. The third kappa shape index (κ3) is 1.62. The van der Waals surface area contributed by atoms with E-state index in [4.69, 9.17) is 4.74 Å². The first kappa shape index (κ1) is 9.47. The molecule has 2 nitrogen and oxygen atoms in total. The number of hydrogen-bond donors (Lipinski definition) is 0. The van der Waals surface area contributed by atoms with E-state index >= 15 is 0 Å². The van der Waals surface area contributed by atoms with Crippen molar-refractivity contribution in [3.8, 4) is 0 Å². The third-order valence-corrected chi connectivity index (χ3v) is 3.75. The highest BCUT2D eigenvalue weighted by Gasteiger charge is 2.45. The second-order valence-corrected chi connectivity index (χ2v) is 5.23. The zero-order valence-corrected chi connectivity index (χ0v) is 9.05. The Morgan fingerprint density at radius 2 is 2.23 bits per heavy atom. The highest BCUT2D eigenvalue weighted by Crippen LogP contribution is 2.42. The molecule has 0 aliphatic carbocycles. The van der Waals surface area contributed by atoms with E-state index in [1.165, 1.54) is 19.4 Å². The molecule has 0 amide bonds. The first-order valence-electron chi connectivity index (χ1n) is 5.41. The van der Waals surface area contributed by atoms with Crippen LogP contribution in [0.5, 0.6) is 0 Å². The van der Waals surface area contributed by atoms with Crippen LogP contribution in [0.4, 0.5) is 0 Å². The molecular formula is C11H21NO. The number of hydrogen-bond acceptors (Lipinski definition) is 2. The van der Waals surface area contributed by atoms with Gasteiger partial charge >= 0.3 is 0 Å². The van der Waals surface area contributed by atoms with Gasteiger partial charge in [0, 0.05) is 24.6 Å². The molecule has 2 saturated heterocycles. The monoisotopic (exact) mass is 183 g/mol. The van der Waals surface area contributed by atoms with Gasteiger partial charge in [0.15, 0.2) is 0 Å². The summed E-state index contributed by atoms with van der Waals surface area (Å²) in [6.45, 7) is 7.89. The Balaban J connectivity index is 2.05. The molecule has 76 valence electrons. The Bertz CT molecular complexity index is 185. The number of ether oxygens (including phenoxy) is 1. The van der Waals surface area contributed by atoms with E-state index in [-0.39, 0.29) is 0 Å². The van der Waals surface area contributed by atoms with E-state index in [1.807, 2.05) is 0 Å². The molecule has 2 rings (SSSR count). The minimum absolute atomic E-state index is 0.518. The van der Waals surface area contributed by atoms with E-state index in [2.05, 4.69) is 25.8 Å². The van der Waals surface area contributed by atoms with Crippen molar-refractivity contribution in [2.75, 3.05) is 26.8 Å². The summed E-state index contributed by atoms with van der Waals surface area (Å²) < 4.78 is 5.53. The SMILES string of the molecule is CC(C)C1CC2(CCOC2)CN1C. The lowest BCUT2D eigenvalue weighted by Gasteiger charge is -2.22. The van der Waals surface area contributed by atoms with Gasteiger partial charge in [-0.2, -0.15) is 0 Å². The van der Waals surface area contributed by atoms with Crippen LogP contribution in [0.15, 0.2) is 0 Å². The van der Waals surface area contributed by atoms with Gasteiger partial charge in [0.1, 0.15) is 0 Å². The largest absolute Gasteiger partial charge is 0.381 e. The predicted octanol–water partition coefficient (Wildman–Crippen LogP) is 1.75. The van der Waals surface area contributed by atoms with Crippen LogP contribution in [0.2, 0.25) is 0 Å². The van der Waals surface area contributed by atoms with Gasteiger partial charge in [0.25, 0.3) is 0 Å². The van der Waals surface area contributed by atoms with Gasteiger partial charge in [-0.3, -0.25) is 0 Å². The average Bonchev–Trinajstić information content (AvgIpc) is 2.60. The van der Waals surface area contributed by atoms with Gasteiger partial charge < -0.3 is 9.64 Å². The van der Waals surface area contributed by atoms with Crippen molar-refractivity contribution >= 4 is 0 Å². The fourth-order valence-corrected chi connectivity index (χ4v) is 2.99. The van der Waals surface area contributed by atoms with Gasteiger partial charge in [-0.15, -0.1) is 0 Å². The van der Waals surface area contributed by atoms with Crippen LogP contribution < -0.4 is 0 Å². The van der Waals surface area contributed by atoms with Crippen molar-refractivity contribution in [2.45, 2.75) is 32.7 Å². The predicted molar refractivity (Wildman–Crippen MR) is 53.7 cm³/mol. The summed E-state index contributed by atoms with van der Waals surface area (Å²) in [6.07, 6.45) is 2.63. The lowest BCUT2D eigenvalue weighted by atomic mass is 9.83. The molecule has 0 radical (unpaired) electrons. The summed E-state index contributed by atoms with van der Waals surface area (Å²) in [5.41, 5.74) is 0.518. The van der Waals surface area contributed by atoms with E-state index in [9.17, 15) is 0 Å². The van der Waals surface area contributed by atoms with E-state index in [0.717, 1.165) is 25.2 Å². The molecule has 0 bridgehead atoms. The molecule has 0 aromatic carbocycles. The van der Waals surface area contributed by atoms with Crippen LogP contribution in [-0.4, -0.2) is 37.7 Å². The van der Waals surface area contributed by atoms with E-state index < -0.39 is 0 Å². The van der Waals surface area contributed by atoms with Crippen LogP contribution in [-0.2, 0) is 4.74 Å². The number of rotatable bonds is 1. The highest BCUT2D eigenvalue weighted by atomic mass is 16.5. The van der Waals surface area contributed by atoms with Gasteiger partial charge in [-0.25, -0.2) is 0 Å². The maximum Gasteiger partial charge on any atom is 0.0536 e. The molecule has 2 heteroatoms. The lowest BCUT2D eigenvalue weighted by Crippen LogP contribution is -2.29. The molecule has 2 unspecified atom stereocenters. The van der Waals surface area contributed by atoms with Crippen molar-refractivity contribution in [2.24, 2.45) is 11.3 Å². The summed E-state index contributed by atoms with van der Waals surface area (Å²) in [6, 6.07) is 0.779. The molecule has 1 spiro atoms. The second-order valence-electron chi connectivity index (χ2n) is 5.23. The third-order valence-electron chi connectivity index (χ3n) is 3.75. The average molecular weight is 183 g/mol. The van der Waals surface area contributed by atoms with E-state index in [1.54, 1.807) is 0 Å². The molecule has 2 aliphatic rings. The molecule has 0 saturated carbocycles. The quantitative estimate of drug-likeness (QED) is 0.614. The fourth-order valence-electron chi connectivity index (χ4n) is 2.99. The van der Waals surface area contributed by atoms with E-state index in [0.29, 0.717) is 5.41 Å². The molecule has 2 heterocycles. The zero-order chi connectivity index (χ0) is 9.47. The minimum Gasteiger partial charge on any atom is -0.381 e. The Morgan fingerprint density at radius 1 is 1.46 bits per heavy atom. The van der Waals surface area contributed by atoms with Crippen LogP contribution in [0.25, 0.3) is 0 Å². The van der Waals surface area contributed by atoms with Gasteiger partial charge in [-0.1, -0.05) is 13.8 Å². The molecule has 0 aromatic heterocycles. The lowest BCUT2D eigenvalue weighted by molar-refractivity contribution is 0.154. The van der Waals surface area contributed by atoms with Crippen molar-refractivity contribution < 1.29 is 4.74 Å². The number of likely N-dealkylation sites (tertiary alicyclic amines) is 1. The van der Waals surface area contributed by atoms with Crippen molar-refractivity contribution in [1.29, 1.82) is 0 Å². The summed E-state index contributed by atoms with van der Waals surface area (Å²) in [5.74, 6) is 0.782. The van der Waals surface area contributed by atoms with Crippen LogP contribution in [0.3, 0.4) is 0 Å². The molecule has 0 aromatic rings. The first-order valence-corrected chi connectivity index (χ1v) is 5.41. The Kier molecular flexibility index (Phi) is 2.37. The van der Waals surface area contributed by atoms with Crippen molar-refractivity contribution in [3.63, 3.8) is 0 Å². The van der Waals surface area contributed by atoms with Gasteiger partial charge in [0.2, 0.25) is 0 Å². The molecule has 2 atom stereocenters. The molecular weight excluding hydrogens is 162 g/mol. The van der Waals surface area contributed by atoms with Gasteiger partial charge in [0.05, 0.1) is 6.61 Å². The van der Waals surface area contributed by atoms with Crippen LogP contribution in [0, 0.1) is 11.3 Å².